The monoisotopic (exact) mass is 327 g/mol. The molecule has 0 saturated heterocycles. The molecule has 1 aromatic rings. The maximum absolute atomic E-state index is 11.5. The SMILES string of the molecule is CN(CC(C)(C)O)c1cc2c(cc1Br)C(N)C(=O)N2. The predicted molar refractivity (Wildman–Crippen MR) is 79.3 cm³/mol. The summed E-state index contributed by atoms with van der Waals surface area (Å²) in [6.45, 7) is 3.98. The average molecular weight is 328 g/mol. The Balaban J connectivity index is 2.34. The third-order valence-corrected chi connectivity index (χ3v) is 3.66. The van der Waals surface area contributed by atoms with Gasteiger partial charge in [0.05, 0.1) is 11.3 Å². The van der Waals surface area contributed by atoms with Crippen LogP contribution in [0, 0.1) is 0 Å². The zero-order chi connectivity index (χ0) is 14.4. The molecule has 1 aromatic carbocycles. The van der Waals surface area contributed by atoms with Crippen LogP contribution >= 0.6 is 15.9 Å². The number of hydrogen-bond donors (Lipinski definition) is 3. The first-order valence-corrected chi connectivity index (χ1v) is 6.82. The molecular weight excluding hydrogens is 310 g/mol. The molecule has 1 aliphatic heterocycles. The van der Waals surface area contributed by atoms with E-state index in [9.17, 15) is 9.90 Å². The Morgan fingerprint density at radius 2 is 2.16 bits per heavy atom. The van der Waals surface area contributed by atoms with Gasteiger partial charge in [0.15, 0.2) is 0 Å². The average Bonchev–Trinajstić information content (AvgIpc) is 2.52. The van der Waals surface area contributed by atoms with E-state index in [2.05, 4.69) is 21.2 Å². The van der Waals surface area contributed by atoms with E-state index in [0.717, 1.165) is 21.4 Å². The van der Waals surface area contributed by atoms with Gasteiger partial charge in [-0.25, -0.2) is 0 Å². The molecule has 0 saturated carbocycles. The number of halogens is 1. The molecule has 0 aliphatic carbocycles. The Morgan fingerprint density at radius 3 is 2.74 bits per heavy atom. The molecule has 1 atom stereocenters. The number of amides is 1. The molecule has 1 unspecified atom stereocenters. The summed E-state index contributed by atoms with van der Waals surface area (Å²) in [5.41, 5.74) is 7.42. The first-order chi connectivity index (χ1) is 8.69. The highest BCUT2D eigenvalue weighted by Crippen LogP contribution is 2.38. The molecule has 19 heavy (non-hydrogen) atoms. The molecule has 1 amide bonds. The lowest BCUT2D eigenvalue weighted by Crippen LogP contribution is -2.36. The number of nitrogens with two attached hydrogens (primary N) is 1. The van der Waals surface area contributed by atoms with Crippen LogP contribution in [0.25, 0.3) is 0 Å². The number of rotatable bonds is 3. The highest BCUT2D eigenvalue weighted by atomic mass is 79.9. The predicted octanol–water partition coefficient (Wildman–Crippen LogP) is 1.61. The lowest BCUT2D eigenvalue weighted by molar-refractivity contribution is -0.116. The van der Waals surface area contributed by atoms with Crippen molar-refractivity contribution < 1.29 is 9.90 Å². The highest BCUT2D eigenvalue weighted by Gasteiger charge is 2.29. The molecule has 6 heteroatoms. The smallest absolute Gasteiger partial charge is 0.245 e. The summed E-state index contributed by atoms with van der Waals surface area (Å²) < 4.78 is 0.852. The second-order valence-electron chi connectivity index (χ2n) is 5.53. The van der Waals surface area contributed by atoms with E-state index in [0.29, 0.717) is 6.54 Å². The minimum atomic E-state index is -0.799. The molecule has 2 rings (SSSR count). The molecule has 4 N–H and O–H groups in total. The van der Waals surface area contributed by atoms with Crippen LogP contribution < -0.4 is 16.0 Å². The third-order valence-electron chi connectivity index (χ3n) is 3.03. The summed E-state index contributed by atoms with van der Waals surface area (Å²) >= 11 is 3.49. The summed E-state index contributed by atoms with van der Waals surface area (Å²) in [4.78, 5) is 13.5. The number of benzene rings is 1. The van der Waals surface area contributed by atoms with E-state index in [1.165, 1.54) is 0 Å². The Bertz CT molecular complexity index is 525. The van der Waals surface area contributed by atoms with Crippen LogP contribution in [0.4, 0.5) is 11.4 Å². The zero-order valence-corrected chi connectivity index (χ0v) is 12.8. The standard InChI is InChI=1S/C13H18BrN3O2/c1-13(2,19)6-17(3)10-5-9-7(4-8(10)14)11(15)12(18)16-9/h4-5,11,19H,6,15H2,1-3H3,(H,16,18). The van der Waals surface area contributed by atoms with E-state index in [1.807, 2.05) is 24.1 Å². The van der Waals surface area contributed by atoms with Crippen LogP contribution in [0.1, 0.15) is 25.5 Å². The Hall–Kier alpha value is -1.11. The minimum absolute atomic E-state index is 0.191. The summed E-state index contributed by atoms with van der Waals surface area (Å²) in [7, 11) is 1.89. The molecule has 0 bridgehead atoms. The van der Waals surface area contributed by atoms with E-state index < -0.39 is 11.6 Å². The van der Waals surface area contributed by atoms with Crippen LogP contribution in [0.2, 0.25) is 0 Å². The first-order valence-electron chi connectivity index (χ1n) is 6.02. The van der Waals surface area contributed by atoms with Gasteiger partial charge in [-0.15, -0.1) is 0 Å². The van der Waals surface area contributed by atoms with Gasteiger partial charge >= 0.3 is 0 Å². The molecule has 0 radical (unpaired) electrons. The van der Waals surface area contributed by atoms with Gasteiger partial charge in [0, 0.05) is 29.3 Å². The summed E-state index contributed by atoms with van der Waals surface area (Å²) in [5, 5.41) is 12.6. The maximum Gasteiger partial charge on any atom is 0.245 e. The second kappa shape index (κ2) is 4.77. The largest absolute Gasteiger partial charge is 0.389 e. The van der Waals surface area contributed by atoms with Gasteiger partial charge in [-0.2, -0.15) is 0 Å². The Labute approximate surface area is 120 Å². The number of nitrogens with zero attached hydrogens (tertiary/aromatic N) is 1. The van der Waals surface area contributed by atoms with Crippen LogP contribution in [-0.4, -0.2) is 30.2 Å². The number of carbonyl (C=O) groups excluding carboxylic acids is 1. The van der Waals surface area contributed by atoms with E-state index in [-0.39, 0.29) is 5.91 Å². The lowest BCUT2D eigenvalue weighted by atomic mass is 10.1. The number of hydrogen-bond acceptors (Lipinski definition) is 4. The fourth-order valence-electron chi connectivity index (χ4n) is 2.25. The van der Waals surface area contributed by atoms with Crippen LogP contribution in [0.5, 0.6) is 0 Å². The van der Waals surface area contributed by atoms with Crippen molar-refractivity contribution in [3.8, 4) is 0 Å². The number of anilines is 2. The Morgan fingerprint density at radius 1 is 1.53 bits per heavy atom. The number of likely N-dealkylation sites (N-methyl/N-ethyl adjacent to an activating group) is 1. The van der Waals surface area contributed by atoms with Crippen molar-refractivity contribution in [1.82, 2.24) is 0 Å². The van der Waals surface area contributed by atoms with Crippen LogP contribution in [-0.2, 0) is 4.79 Å². The van der Waals surface area contributed by atoms with Crippen molar-refractivity contribution in [2.75, 3.05) is 23.8 Å². The third kappa shape index (κ3) is 2.91. The number of aliphatic hydroxyl groups is 1. The van der Waals surface area contributed by atoms with Gasteiger partial charge in [-0.1, -0.05) is 0 Å². The van der Waals surface area contributed by atoms with E-state index in [4.69, 9.17) is 5.73 Å². The second-order valence-corrected chi connectivity index (χ2v) is 6.38. The van der Waals surface area contributed by atoms with Gasteiger partial charge in [0.2, 0.25) is 5.91 Å². The van der Waals surface area contributed by atoms with Crippen molar-refractivity contribution >= 4 is 33.2 Å². The summed E-state index contributed by atoms with van der Waals surface area (Å²) in [6, 6.07) is 3.12. The van der Waals surface area contributed by atoms with Gasteiger partial charge in [-0.05, 0) is 41.9 Å². The first kappa shape index (κ1) is 14.3. The van der Waals surface area contributed by atoms with Crippen molar-refractivity contribution in [1.29, 1.82) is 0 Å². The number of carbonyl (C=O) groups is 1. The van der Waals surface area contributed by atoms with Crippen molar-refractivity contribution in [2.45, 2.75) is 25.5 Å². The van der Waals surface area contributed by atoms with Crippen molar-refractivity contribution in [2.24, 2.45) is 5.73 Å². The summed E-state index contributed by atoms with van der Waals surface area (Å²) in [6.07, 6.45) is 0. The fourth-order valence-corrected chi connectivity index (χ4v) is 2.92. The number of fused-ring (bicyclic) bond motifs is 1. The number of nitrogens with one attached hydrogen (secondary N) is 1. The highest BCUT2D eigenvalue weighted by molar-refractivity contribution is 9.10. The van der Waals surface area contributed by atoms with Gasteiger partial charge < -0.3 is 21.1 Å². The normalized spacial score (nSPS) is 18.2. The lowest BCUT2D eigenvalue weighted by Gasteiger charge is -2.28. The van der Waals surface area contributed by atoms with Crippen molar-refractivity contribution in [3.63, 3.8) is 0 Å². The topological polar surface area (TPSA) is 78.6 Å². The van der Waals surface area contributed by atoms with E-state index >= 15 is 0 Å². The minimum Gasteiger partial charge on any atom is -0.389 e. The van der Waals surface area contributed by atoms with Gasteiger partial charge in [0.25, 0.3) is 0 Å². The molecule has 0 spiro atoms. The van der Waals surface area contributed by atoms with Crippen LogP contribution in [0.15, 0.2) is 16.6 Å². The fraction of sp³-hybridized carbons (Fsp3) is 0.462. The molecule has 0 aromatic heterocycles. The molecule has 5 nitrogen and oxygen atoms in total. The van der Waals surface area contributed by atoms with Gasteiger partial charge in [-0.3, -0.25) is 4.79 Å². The van der Waals surface area contributed by atoms with E-state index in [1.54, 1.807) is 13.8 Å². The quantitative estimate of drug-likeness (QED) is 0.788. The molecule has 104 valence electrons. The van der Waals surface area contributed by atoms with Crippen molar-refractivity contribution in [3.05, 3.63) is 22.2 Å². The Kier molecular flexibility index (Phi) is 3.59. The molecular formula is C13H18BrN3O2. The maximum atomic E-state index is 11.5. The van der Waals surface area contributed by atoms with Crippen LogP contribution in [0.3, 0.4) is 0 Å². The molecule has 0 fully saturated rings. The summed E-state index contributed by atoms with van der Waals surface area (Å²) in [5.74, 6) is -0.191. The molecule has 1 heterocycles. The molecule has 1 aliphatic rings. The zero-order valence-electron chi connectivity index (χ0n) is 11.2. The van der Waals surface area contributed by atoms with Gasteiger partial charge in [0.1, 0.15) is 6.04 Å².